The molecule has 94 valence electrons. The van der Waals surface area contributed by atoms with Crippen LogP contribution in [0.4, 0.5) is 4.79 Å². The number of carbonyl (C=O) groups excluding carboxylic acids is 1. The quantitative estimate of drug-likeness (QED) is 0.670. The van der Waals surface area contributed by atoms with Crippen molar-refractivity contribution in [3.8, 4) is 0 Å². The monoisotopic (exact) mass is 347 g/mol. The van der Waals surface area contributed by atoms with Crippen LogP contribution >= 0.6 is 22.6 Å². The summed E-state index contributed by atoms with van der Waals surface area (Å²) in [5, 5.41) is 2.73. The van der Waals surface area contributed by atoms with Gasteiger partial charge in [0.05, 0.1) is 0 Å². The summed E-state index contributed by atoms with van der Waals surface area (Å²) >= 11 is 2.32. The average Bonchev–Trinajstić information content (AvgIpc) is 2.25. The maximum atomic E-state index is 11.4. The minimum atomic E-state index is -0.449. The van der Waals surface area contributed by atoms with Crippen molar-refractivity contribution in [2.45, 2.75) is 37.3 Å². The number of hydrogen-bond acceptors (Lipinski definition) is 2. The Morgan fingerprint density at radius 1 is 1.24 bits per heavy atom. The molecular weight excluding hydrogens is 329 g/mol. The summed E-state index contributed by atoms with van der Waals surface area (Å²) < 4.78 is 6.15. The molecule has 1 aromatic rings. The highest BCUT2D eigenvalue weighted by Crippen LogP contribution is 2.09. The lowest BCUT2D eigenvalue weighted by Gasteiger charge is -2.19. The van der Waals surface area contributed by atoms with Crippen LogP contribution in [0.1, 0.15) is 31.9 Å². The molecule has 4 heteroatoms. The highest BCUT2D eigenvalue weighted by atomic mass is 127. The Balaban J connectivity index is 2.42. The van der Waals surface area contributed by atoms with Gasteiger partial charge in [0.2, 0.25) is 0 Å². The molecule has 0 aliphatic heterocycles. The van der Waals surface area contributed by atoms with Gasteiger partial charge in [-0.2, -0.15) is 0 Å². The molecule has 0 aromatic heterocycles. The van der Waals surface area contributed by atoms with Crippen molar-refractivity contribution < 1.29 is 9.53 Å². The SMILES string of the molecule is CC(C)(C)OC(=O)NCc1ccc(CI)cc1. The lowest BCUT2D eigenvalue weighted by molar-refractivity contribution is 0.0523. The van der Waals surface area contributed by atoms with Crippen LogP contribution in [-0.4, -0.2) is 11.7 Å². The molecule has 0 aliphatic carbocycles. The molecule has 3 nitrogen and oxygen atoms in total. The molecule has 1 N–H and O–H groups in total. The van der Waals surface area contributed by atoms with Crippen LogP contribution in [0.25, 0.3) is 0 Å². The summed E-state index contributed by atoms with van der Waals surface area (Å²) in [5.74, 6) is 0. The second-order valence-electron chi connectivity index (χ2n) is 4.81. The van der Waals surface area contributed by atoms with E-state index in [0.29, 0.717) is 6.54 Å². The number of amides is 1. The van der Waals surface area contributed by atoms with E-state index in [-0.39, 0.29) is 6.09 Å². The molecule has 17 heavy (non-hydrogen) atoms. The Labute approximate surface area is 116 Å². The van der Waals surface area contributed by atoms with Crippen molar-refractivity contribution in [1.82, 2.24) is 5.32 Å². The molecule has 0 saturated heterocycles. The summed E-state index contributed by atoms with van der Waals surface area (Å²) in [7, 11) is 0. The van der Waals surface area contributed by atoms with Gasteiger partial charge in [-0.15, -0.1) is 0 Å². The van der Waals surface area contributed by atoms with E-state index in [1.165, 1.54) is 5.56 Å². The van der Waals surface area contributed by atoms with Gasteiger partial charge in [0.25, 0.3) is 0 Å². The molecule has 0 fully saturated rings. The first-order chi connectivity index (χ1) is 7.90. The number of hydrogen-bond donors (Lipinski definition) is 1. The standard InChI is InChI=1S/C13H18INO2/c1-13(2,3)17-12(16)15-9-11-6-4-10(8-14)5-7-11/h4-7H,8-9H2,1-3H3,(H,15,16). The van der Waals surface area contributed by atoms with Crippen molar-refractivity contribution in [2.75, 3.05) is 0 Å². The number of carbonyl (C=O) groups is 1. The zero-order chi connectivity index (χ0) is 12.9. The molecule has 1 amide bonds. The molecule has 0 aliphatic rings. The van der Waals surface area contributed by atoms with Crippen molar-refractivity contribution in [3.63, 3.8) is 0 Å². The zero-order valence-corrected chi connectivity index (χ0v) is 12.6. The lowest BCUT2D eigenvalue weighted by atomic mass is 10.1. The molecule has 1 aromatic carbocycles. The van der Waals surface area contributed by atoms with Crippen LogP contribution in [0, 0.1) is 0 Å². The van der Waals surface area contributed by atoms with Crippen molar-refractivity contribution in [1.29, 1.82) is 0 Å². The number of benzene rings is 1. The summed E-state index contributed by atoms with van der Waals surface area (Å²) in [6.45, 7) is 6.04. The van der Waals surface area contributed by atoms with Gasteiger partial charge in [0, 0.05) is 11.0 Å². The van der Waals surface area contributed by atoms with Gasteiger partial charge in [-0.05, 0) is 31.9 Å². The maximum absolute atomic E-state index is 11.4. The predicted octanol–water partition coefficient (Wildman–Crippen LogP) is 3.65. The third-order valence-electron chi connectivity index (χ3n) is 2.01. The van der Waals surface area contributed by atoms with E-state index < -0.39 is 5.60 Å². The number of halogens is 1. The maximum Gasteiger partial charge on any atom is 0.407 e. The predicted molar refractivity (Wildman–Crippen MR) is 77.2 cm³/mol. The van der Waals surface area contributed by atoms with Crippen LogP contribution in [0.15, 0.2) is 24.3 Å². The van der Waals surface area contributed by atoms with Crippen molar-refractivity contribution in [2.24, 2.45) is 0 Å². The van der Waals surface area contributed by atoms with E-state index in [0.717, 1.165) is 9.99 Å². The van der Waals surface area contributed by atoms with E-state index in [4.69, 9.17) is 4.74 Å². The zero-order valence-electron chi connectivity index (χ0n) is 10.4. The highest BCUT2D eigenvalue weighted by molar-refractivity contribution is 14.1. The Morgan fingerprint density at radius 2 is 1.76 bits per heavy atom. The summed E-state index contributed by atoms with van der Waals surface area (Å²) in [6.07, 6.45) is -0.379. The first-order valence-corrected chi connectivity index (χ1v) is 7.04. The Morgan fingerprint density at radius 3 is 2.24 bits per heavy atom. The summed E-state index contributed by atoms with van der Waals surface area (Å²) in [4.78, 5) is 11.4. The average molecular weight is 347 g/mol. The largest absolute Gasteiger partial charge is 0.444 e. The minimum Gasteiger partial charge on any atom is -0.444 e. The molecule has 0 unspecified atom stereocenters. The molecule has 1 rings (SSSR count). The summed E-state index contributed by atoms with van der Waals surface area (Å²) in [6, 6.07) is 8.17. The molecule has 0 atom stereocenters. The number of alkyl halides is 1. The van der Waals surface area contributed by atoms with Crippen LogP contribution in [-0.2, 0) is 15.7 Å². The van der Waals surface area contributed by atoms with E-state index in [2.05, 4.69) is 40.0 Å². The van der Waals surface area contributed by atoms with Crippen LogP contribution in [0.5, 0.6) is 0 Å². The molecule has 0 spiro atoms. The number of alkyl carbamates (subject to hydrolysis) is 1. The van der Waals surface area contributed by atoms with Crippen LogP contribution < -0.4 is 5.32 Å². The highest BCUT2D eigenvalue weighted by Gasteiger charge is 2.15. The number of ether oxygens (including phenoxy) is 1. The van der Waals surface area contributed by atoms with Gasteiger partial charge in [-0.1, -0.05) is 46.9 Å². The van der Waals surface area contributed by atoms with Gasteiger partial charge in [0.1, 0.15) is 5.60 Å². The fourth-order valence-corrected chi connectivity index (χ4v) is 1.74. The smallest absolute Gasteiger partial charge is 0.407 e. The van der Waals surface area contributed by atoms with Gasteiger partial charge in [0.15, 0.2) is 0 Å². The molecular formula is C13H18INO2. The molecule has 0 saturated carbocycles. The second-order valence-corrected chi connectivity index (χ2v) is 5.57. The number of rotatable bonds is 3. The third kappa shape index (κ3) is 5.91. The molecule has 0 heterocycles. The van der Waals surface area contributed by atoms with Gasteiger partial charge in [-0.25, -0.2) is 4.79 Å². The van der Waals surface area contributed by atoms with E-state index >= 15 is 0 Å². The Hall–Kier alpha value is -0.780. The first-order valence-electron chi connectivity index (χ1n) is 5.51. The lowest BCUT2D eigenvalue weighted by Crippen LogP contribution is -2.32. The molecule has 0 bridgehead atoms. The van der Waals surface area contributed by atoms with E-state index in [1.807, 2.05) is 32.9 Å². The minimum absolute atomic E-state index is 0.379. The van der Waals surface area contributed by atoms with E-state index in [9.17, 15) is 4.79 Å². The third-order valence-corrected chi connectivity index (χ3v) is 2.89. The fourth-order valence-electron chi connectivity index (χ4n) is 1.23. The van der Waals surface area contributed by atoms with Crippen molar-refractivity contribution in [3.05, 3.63) is 35.4 Å². The van der Waals surface area contributed by atoms with Gasteiger partial charge < -0.3 is 10.1 Å². The second kappa shape index (κ2) is 6.23. The summed E-state index contributed by atoms with van der Waals surface area (Å²) in [5.41, 5.74) is 1.91. The first kappa shape index (κ1) is 14.3. The molecule has 0 radical (unpaired) electrons. The van der Waals surface area contributed by atoms with Crippen LogP contribution in [0.3, 0.4) is 0 Å². The van der Waals surface area contributed by atoms with Crippen LogP contribution in [0.2, 0.25) is 0 Å². The fraction of sp³-hybridized carbons (Fsp3) is 0.462. The Kier molecular flexibility index (Phi) is 5.24. The van der Waals surface area contributed by atoms with Gasteiger partial charge >= 0.3 is 6.09 Å². The van der Waals surface area contributed by atoms with Gasteiger partial charge in [-0.3, -0.25) is 0 Å². The topological polar surface area (TPSA) is 38.3 Å². The number of nitrogens with one attached hydrogen (secondary N) is 1. The van der Waals surface area contributed by atoms with E-state index in [1.54, 1.807) is 0 Å². The Bertz CT molecular complexity index is 368. The van der Waals surface area contributed by atoms with Crippen molar-refractivity contribution >= 4 is 28.7 Å². The normalized spacial score (nSPS) is 11.1.